The van der Waals surface area contributed by atoms with E-state index in [1.165, 1.54) is 11.8 Å². The zero-order valence-electron chi connectivity index (χ0n) is 14.0. The fourth-order valence-corrected chi connectivity index (χ4v) is 3.81. The maximum absolute atomic E-state index is 12.5. The van der Waals surface area contributed by atoms with Gasteiger partial charge in [0.2, 0.25) is 5.91 Å². The Balaban J connectivity index is 1.51. The molecule has 0 saturated heterocycles. The summed E-state index contributed by atoms with van der Waals surface area (Å²) in [6.07, 6.45) is 0. The number of furan rings is 1. The number of carbonyl (C=O) groups is 1. The molecule has 0 aliphatic heterocycles. The average Bonchev–Trinajstić information content (AvgIpc) is 3.01. The lowest BCUT2D eigenvalue weighted by atomic mass is 10.1. The van der Waals surface area contributed by atoms with E-state index in [0.29, 0.717) is 5.02 Å². The molecule has 1 atom stereocenters. The van der Waals surface area contributed by atoms with Crippen molar-refractivity contribution in [3.8, 4) is 0 Å². The second-order valence-corrected chi connectivity index (χ2v) is 7.86. The van der Waals surface area contributed by atoms with Gasteiger partial charge in [-0.05, 0) is 49.4 Å². The smallest absolute Gasteiger partial charge is 0.237 e. The number of fused-ring (bicyclic) bond motifs is 3. The fourth-order valence-electron chi connectivity index (χ4n) is 2.82. The minimum absolute atomic E-state index is 0.0552. The van der Waals surface area contributed by atoms with Crippen LogP contribution >= 0.6 is 23.4 Å². The van der Waals surface area contributed by atoms with Gasteiger partial charge in [0.15, 0.2) is 0 Å². The van der Waals surface area contributed by atoms with Crippen LogP contribution in [0.5, 0.6) is 0 Å². The van der Waals surface area contributed by atoms with Crippen LogP contribution in [0.1, 0.15) is 6.92 Å². The fraction of sp³-hybridized carbons (Fsp3) is 0.0952. The lowest BCUT2D eigenvalue weighted by Gasteiger charge is -2.12. The number of hydrogen-bond donors (Lipinski definition) is 1. The molecule has 4 rings (SSSR count). The van der Waals surface area contributed by atoms with Crippen LogP contribution in [0.4, 0.5) is 5.69 Å². The van der Waals surface area contributed by atoms with Crippen LogP contribution in [-0.4, -0.2) is 11.2 Å². The molecule has 0 bridgehead atoms. The molecule has 3 aromatic carbocycles. The van der Waals surface area contributed by atoms with Crippen LogP contribution in [0.2, 0.25) is 5.02 Å². The highest BCUT2D eigenvalue weighted by atomic mass is 35.5. The summed E-state index contributed by atoms with van der Waals surface area (Å²) in [6, 6.07) is 21.1. The van der Waals surface area contributed by atoms with Crippen molar-refractivity contribution in [1.29, 1.82) is 0 Å². The van der Waals surface area contributed by atoms with E-state index in [1.54, 1.807) is 0 Å². The SMILES string of the molecule is C[C@@H](Sc1ccc(Cl)cc1)C(=O)Nc1ccc2c(c1)oc1ccccc12. The van der Waals surface area contributed by atoms with Crippen molar-refractivity contribution in [1.82, 2.24) is 0 Å². The lowest BCUT2D eigenvalue weighted by Crippen LogP contribution is -2.22. The van der Waals surface area contributed by atoms with Gasteiger partial charge >= 0.3 is 0 Å². The normalized spacial score (nSPS) is 12.4. The predicted molar refractivity (Wildman–Crippen MR) is 109 cm³/mol. The van der Waals surface area contributed by atoms with Crippen LogP contribution in [0, 0.1) is 0 Å². The van der Waals surface area contributed by atoms with E-state index in [0.717, 1.165) is 32.5 Å². The Hall–Kier alpha value is -2.43. The molecule has 26 heavy (non-hydrogen) atoms. The van der Waals surface area contributed by atoms with Gasteiger partial charge in [-0.25, -0.2) is 0 Å². The summed E-state index contributed by atoms with van der Waals surface area (Å²) in [5, 5.41) is 5.54. The predicted octanol–water partition coefficient (Wildman–Crippen LogP) is 6.36. The number of hydrogen-bond acceptors (Lipinski definition) is 3. The van der Waals surface area contributed by atoms with Crippen LogP contribution in [0.3, 0.4) is 0 Å². The summed E-state index contributed by atoms with van der Waals surface area (Å²) in [7, 11) is 0. The molecule has 0 unspecified atom stereocenters. The average molecular weight is 382 g/mol. The summed E-state index contributed by atoms with van der Waals surface area (Å²) in [5.41, 5.74) is 2.34. The van der Waals surface area contributed by atoms with E-state index in [1.807, 2.05) is 73.7 Å². The maximum Gasteiger partial charge on any atom is 0.237 e. The standard InChI is InChI=1S/C21H16ClNO2S/c1-13(26-16-9-6-14(22)7-10-16)21(24)23-15-8-11-18-17-4-2-3-5-19(17)25-20(18)12-15/h2-13H,1H3,(H,23,24)/t13-/m1/s1. The molecule has 3 nitrogen and oxygen atoms in total. The van der Waals surface area contributed by atoms with Crippen molar-refractivity contribution >= 4 is 56.9 Å². The van der Waals surface area contributed by atoms with Gasteiger partial charge in [0.1, 0.15) is 11.2 Å². The monoisotopic (exact) mass is 381 g/mol. The minimum Gasteiger partial charge on any atom is -0.456 e. The second-order valence-electron chi connectivity index (χ2n) is 6.01. The molecular formula is C21H16ClNO2S. The van der Waals surface area contributed by atoms with Crippen LogP contribution < -0.4 is 5.32 Å². The number of carbonyl (C=O) groups excluding carboxylic acids is 1. The molecule has 1 heterocycles. The Labute approximate surface area is 160 Å². The van der Waals surface area contributed by atoms with Crippen molar-refractivity contribution in [3.63, 3.8) is 0 Å². The van der Waals surface area contributed by atoms with Gasteiger partial charge in [-0.2, -0.15) is 0 Å². The first-order valence-electron chi connectivity index (χ1n) is 8.24. The quantitative estimate of drug-likeness (QED) is 0.418. The third-order valence-electron chi connectivity index (χ3n) is 4.14. The van der Waals surface area contributed by atoms with E-state index in [9.17, 15) is 4.79 Å². The number of anilines is 1. The van der Waals surface area contributed by atoms with Crippen molar-refractivity contribution in [2.75, 3.05) is 5.32 Å². The topological polar surface area (TPSA) is 42.2 Å². The van der Waals surface area contributed by atoms with Gasteiger partial charge in [0.25, 0.3) is 0 Å². The first-order valence-corrected chi connectivity index (χ1v) is 9.50. The Morgan fingerprint density at radius 3 is 2.54 bits per heavy atom. The molecule has 0 spiro atoms. The van der Waals surface area contributed by atoms with Crippen LogP contribution in [-0.2, 0) is 4.79 Å². The van der Waals surface area contributed by atoms with Crippen molar-refractivity contribution in [2.45, 2.75) is 17.1 Å². The number of amides is 1. The van der Waals surface area contributed by atoms with Crippen LogP contribution in [0.25, 0.3) is 21.9 Å². The van der Waals surface area contributed by atoms with Gasteiger partial charge in [-0.1, -0.05) is 29.8 Å². The Morgan fingerprint density at radius 2 is 1.73 bits per heavy atom. The summed E-state index contributed by atoms with van der Waals surface area (Å²) >= 11 is 7.39. The Bertz CT molecular complexity index is 1090. The summed E-state index contributed by atoms with van der Waals surface area (Å²) in [5.74, 6) is -0.0552. The molecule has 0 radical (unpaired) electrons. The summed E-state index contributed by atoms with van der Waals surface area (Å²) in [6.45, 7) is 1.88. The van der Waals surface area contributed by atoms with E-state index in [4.69, 9.17) is 16.0 Å². The highest BCUT2D eigenvalue weighted by Crippen LogP contribution is 2.31. The highest BCUT2D eigenvalue weighted by Gasteiger charge is 2.15. The number of benzene rings is 3. The van der Waals surface area contributed by atoms with E-state index < -0.39 is 0 Å². The number of rotatable bonds is 4. The maximum atomic E-state index is 12.5. The van der Waals surface area contributed by atoms with Gasteiger partial charge in [-0.15, -0.1) is 11.8 Å². The molecule has 5 heteroatoms. The van der Waals surface area contributed by atoms with Gasteiger partial charge in [-0.3, -0.25) is 4.79 Å². The van der Waals surface area contributed by atoms with Crippen molar-refractivity contribution in [3.05, 3.63) is 71.8 Å². The zero-order valence-corrected chi connectivity index (χ0v) is 15.6. The zero-order chi connectivity index (χ0) is 18.1. The first-order chi connectivity index (χ1) is 12.6. The summed E-state index contributed by atoms with van der Waals surface area (Å²) < 4.78 is 5.87. The molecule has 0 fully saturated rings. The largest absolute Gasteiger partial charge is 0.456 e. The third-order valence-corrected chi connectivity index (χ3v) is 5.51. The Morgan fingerprint density at radius 1 is 1.00 bits per heavy atom. The molecule has 1 aromatic heterocycles. The molecule has 1 N–H and O–H groups in total. The molecular weight excluding hydrogens is 366 g/mol. The summed E-state index contributed by atoms with van der Waals surface area (Å²) in [4.78, 5) is 13.5. The van der Waals surface area contributed by atoms with Gasteiger partial charge < -0.3 is 9.73 Å². The van der Waals surface area contributed by atoms with Crippen molar-refractivity contribution < 1.29 is 9.21 Å². The number of para-hydroxylation sites is 1. The molecule has 0 aliphatic rings. The van der Waals surface area contributed by atoms with Gasteiger partial charge in [0.05, 0.1) is 5.25 Å². The molecule has 1 amide bonds. The van der Waals surface area contributed by atoms with Crippen molar-refractivity contribution in [2.24, 2.45) is 0 Å². The first kappa shape index (κ1) is 17.0. The number of thioether (sulfide) groups is 1. The molecule has 0 saturated carbocycles. The molecule has 130 valence electrons. The highest BCUT2D eigenvalue weighted by molar-refractivity contribution is 8.00. The van der Waals surface area contributed by atoms with E-state index in [2.05, 4.69) is 5.32 Å². The van der Waals surface area contributed by atoms with E-state index >= 15 is 0 Å². The molecule has 0 aliphatic carbocycles. The minimum atomic E-state index is -0.234. The number of halogens is 1. The molecule has 4 aromatic rings. The lowest BCUT2D eigenvalue weighted by molar-refractivity contribution is -0.115. The van der Waals surface area contributed by atoms with Crippen LogP contribution in [0.15, 0.2) is 76.0 Å². The van der Waals surface area contributed by atoms with E-state index in [-0.39, 0.29) is 11.2 Å². The Kier molecular flexibility index (Phi) is 4.62. The number of nitrogens with one attached hydrogen (secondary N) is 1. The second kappa shape index (κ2) is 7.06. The van der Waals surface area contributed by atoms with Gasteiger partial charge in [0, 0.05) is 32.4 Å². The third kappa shape index (κ3) is 3.43.